The zero-order chi connectivity index (χ0) is 31.9. The Morgan fingerprint density at radius 1 is 0.932 bits per heavy atom. The average molecular weight is 601 g/mol. The molecule has 0 heterocycles. The predicted molar refractivity (Wildman–Crippen MR) is 183 cm³/mol. The minimum absolute atomic E-state index is 0.0470. The van der Waals surface area contributed by atoms with Gasteiger partial charge in [0.1, 0.15) is 0 Å². The topological polar surface area (TPSA) is 52.6 Å². The maximum Gasteiger partial charge on any atom is 0.335 e. The van der Waals surface area contributed by atoms with E-state index in [1.807, 2.05) is 12.1 Å². The third kappa shape index (κ3) is 4.55. The second-order valence-electron chi connectivity index (χ2n) is 17.5. The molecule has 0 bridgehead atoms. The summed E-state index contributed by atoms with van der Waals surface area (Å²) in [4.78, 5) is 13.8. The molecule has 5 aliphatic rings. The third-order valence-electron chi connectivity index (χ3n) is 15.1. The van der Waals surface area contributed by atoms with Crippen molar-refractivity contribution in [2.75, 3.05) is 27.2 Å². The van der Waals surface area contributed by atoms with E-state index < -0.39 is 5.97 Å². The van der Waals surface area contributed by atoms with E-state index in [1.54, 1.807) is 12.1 Å². The molecule has 1 aromatic rings. The fourth-order valence-corrected chi connectivity index (χ4v) is 12.9. The van der Waals surface area contributed by atoms with Gasteiger partial charge in [-0.3, -0.25) is 0 Å². The Morgan fingerprint density at radius 2 is 1.64 bits per heavy atom. The summed E-state index contributed by atoms with van der Waals surface area (Å²) in [7, 11) is 4.39. The van der Waals surface area contributed by atoms with Crippen molar-refractivity contribution in [3.8, 4) is 0 Å². The van der Waals surface area contributed by atoms with Crippen molar-refractivity contribution in [3.05, 3.63) is 53.6 Å². The normalized spacial score (nSPS) is 42.5. The molecule has 1 aromatic carbocycles. The molecule has 5 aliphatic carbocycles. The Labute approximate surface area is 268 Å². The number of aromatic carboxylic acids is 1. The van der Waals surface area contributed by atoms with Crippen LogP contribution in [0.4, 0.5) is 0 Å². The quantitative estimate of drug-likeness (QED) is 0.307. The average Bonchev–Trinajstić information content (AvgIpc) is 3.33. The van der Waals surface area contributed by atoms with Crippen molar-refractivity contribution in [1.29, 1.82) is 0 Å². The molecule has 4 fully saturated rings. The first-order valence-corrected chi connectivity index (χ1v) is 17.7. The standard InChI is InChI=1S/C40H60N2O2/c1-26(2)29-16-21-40(41-24-25-42(8)9)23-22-38(6)31(34(29)40)14-15-33-37(5)19-17-30(27-10-12-28(13-11-27)35(43)44)36(3,4)32(37)18-20-39(33,38)7/h10-13,17,29,31-34,41H,1,14-16,18-25H2,2-9H3,(H,43,44). The summed E-state index contributed by atoms with van der Waals surface area (Å²) in [5.74, 6) is 2.59. The highest BCUT2D eigenvalue weighted by atomic mass is 16.4. The van der Waals surface area contributed by atoms with Gasteiger partial charge in [-0.25, -0.2) is 4.79 Å². The van der Waals surface area contributed by atoms with Gasteiger partial charge in [0.05, 0.1) is 5.56 Å². The lowest BCUT2D eigenvalue weighted by Gasteiger charge is -2.72. The zero-order valence-electron chi connectivity index (χ0n) is 29.1. The molecule has 0 aliphatic heterocycles. The molecule has 0 aromatic heterocycles. The van der Waals surface area contributed by atoms with Gasteiger partial charge in [-0.05, 0) is 153 Å². The monoisotopic (exact) mass is 600 g/mol. The van der Waals surface area contributed by atoms with Crippen LogP contribution >= 0.6 is 0 Å². The third-order valence-corrected chi connectivity index (χ3v) is 15.1. The van der Waals surface area contributed by atoms with Crippen molar-refractivity contribution in [3.63, 3.8) is 0 Å². The molecule has 44 heavy (non-hydrogen) atoms. The van der Waals surface area contributed by atoms with Gasteiger partial charge in [0.25, 0.3) is 0 Å². The minimum Gasteiger partial charge on any atom is -0.478 e. The van der Waals surface area contributed by atoms with Crippen LogP contribution in [-0.2, 0) is 0 Å². The molecule has 0 spiro atoms. The molecule has 4 heteroatoms. The maximum atomic E-state index is 11.5. The van der Waals surface area contributed by atoms with Gasteiger partial charge >= 0.3 is 5.97 Å². The van der Waals surface area contributed by atoms with Crippen LogP contribution in [0.2, 0.25) is 0 Å². The van der Waals surface area contributed by atoms with Crippen LogP contribution in [0, 0.1) is 51.2 Å². The zero-order valence-corrected chi connectivity index (χ0v) is 29.1. The molecule has 242 valence electrons. The largest absolute Gasteiger partial charge is 0.478 e. The van der Waals surface area contributed by atoms with Crippen molar-refractivity contribution in [2.45, 2.75) is 105 Å². The van der Waals surface area contributed by atoms with Crippen molar-refractivity contribution in [1.82, 2.24) is 10.2 Å². The van der Waals surface area contributed by atoms with Gasteiger partial charge in [-0.15, -0.1) is 0 Å². The molecule has 4 saturated carbocycles. The van der Waals surface area contributed by atoms with E-state index >= 15 is 0 Å². The Balaban J connectivity index is 1.33. The van der Waals surface area contributed by atoms with Crippen molar-refractivity contribution in [2.24, 2.45) is 51.2 Å². The number of hydrogen-bond acceptors (Lipinski definition) is 3. The summed E-state index contributed by atoms with van der Waals surface area (Å²) in [5, 5.41) is 13.7. The molecule has 2 N–H and O–H groups in total. The van der Waals surface area contributed by atoms with Crippen LogP contribution in [0.3, 0.4) is 0 Å². The highest BCUT2D eigenvalue weighted by molar-refractivity contribution is 5.88. The van der Waals surface area contributed by atoms with Gasteiger partial charge in [0.2, 0.25) is 0 Å². The number of fused-ring (bicyclic) bond motifs is 7. The SMILES string of the molecule is C=C(C)C1CCC2(NCCN(C)C)CCC3(C)C(CCC4C5(C)CC=C(c6ccc(C(=O)O)cc6)C(C)(C)C5CCC43C)C12. The lowest BCUT2D eigenvalue weighted by Crippen LogP contribution is -2.68. The van der Waals surface area contributed by atoms with Crippen molar-refractivity contribution >= 4 is 11.5 Å². The molecule has 0 radical (unpaired) electrons. The first-order valence-electron chi connectivity index (χ1n) is 17.7. The maximum absolute atomic E-state index is 11.5. The number of benzene rings is 1. The summed E-state index contributed by atoms with van der Waals surface area (Å²) in [6.07, 6.45) is 14.3. The predicted octanol–water partition coefficient (Wildman–Crippen LogP) is 8.94. The fraction of sp³-hybridized carbons (Fsp3) is 0.725. The Morgan fingerprint density at radius 3 is 2.27 bits per heavy atom. The summed E-state index contributed by atoms with van der Waals surface area (Å²) >= 11 is 0. The fourth-order valence-electron chi connectivity index (χ4n) is 12.9. The number of rotatable bonds is 7. The molecule has 6 rings (SSSR count). The number of carbonyl (C=O) groups is 1. The number of nitrogens with zero attached hydrogens (tertiary/aromatic N) is 1. The van der Waals surface area contributed by atoms with Gasteiger partial charge < -0.3 is 15.3 Å². The number of likely N-dealkylation sites (N-methyl/N-ethyl adjacent to an activating group) is 1. The summed E-state index contributed by atoms with van der Waals surface area (Å²) in [6.45, 7) is 22.2. The minimum atomic E-state index is -0.854. The molecular formula is C40H60N2O2. The summed E-state index contributed by atoms with van der Waals surface area (Å²) < 4.78 is 0. The van der Waals surface area contributed by atoms with E-state index in [0.717, 1.165) is 31.3 Å². The molecule has 9 unspecified atom stereocenters. The number of allylic oxidation sites excluding steroid dienone is 3. The molecule has 9 atom stereocenters. The lowest BCUT2D eigenvalue weighted by molar-refractivity contribution is -0.219. The molecule has 0 amide bonds. The lowest BCUT2D eigenvalue weighted by atomic mass is 9.33. The van der Waals surface area contributed by atoms with Crippen LogP contribution in [0.25, 0.3) is 5.57 Å². The first-order chi connectivity index (χ1) is 20.6. The number of nitrogens with one attached hydrogen (secondary N) is 1. The van der Waals surface area contributed by atoms with Gasteiger partial charge in [-0.2, -0.15) is 0 Å². The Kier molecular flexibility index (Phi) is 7.89. The summed E-state index contributed by atoms with van der Waals surface area (Å²) in [5.41, 5.74) is 5.68. The van der Waals surface area contributed by atoms with Gasteiger partial charge in [0.15, 0.2) is 0 Å². The molecular weight excluding hydrogens is 540 g/mol. The number of carboxylic acids is 1. The van der Waals surface area contributed by atoms with Crippen molar-refractivity contribution < 1.29 is 9.90 Å². The van der Waals surface area contributed by atoms with Gasteiger partial charge in [-0.1, -0.05) is 65.0 Å². The molecule has 0 saturated heterocycles. The van der Waals surface area contributed by atoms with Crippen LogP contribution in [0.1, 0.15) is 115 Å². The van der Waals surface area contributed by atoms with Crippen LogP contribution < -0.4 is 5.32 Å². The Hall–Kier alpha value is -1.91. The van der Waals surface area contributed by atoms with E-state index in [9.17, 15) is 9.90 Å². The number of carboxylic acid groups (broad SMARTS) is 1. The summed E-state index contributed by atoms with van der Waals surface area (Å²) in [6, 6.07) is 7.64. The van der Waals surface area contributed by atoms with E-state index in [-0.39, 0.29) is 16.4 Å². The first kappa shape index (κ1) is 32.0. The highest BCUT2D eigenvalue weighted by Crippen LogP contribution is 2.76. The van der Waals surface area contributed by atoms with E-state index in [1.165, 1.54) is 68.1 Å². The van der Waals surface area contributed by atoms with Crippen LogP contribution in [0.15, 0.2) is 42.5 Å². The second kappa shape index (κ2) is 10.8. The van der Waals surface area contributed by atoms with E-state index in [2.05, 4.69) is 78.5 Å². The highest BCUT2D eigenvalue weighted by Gasteiger charge is 2.70. The smallest absolute Gasteiger partial charge is 0.335 e. The van der Waals surface area contributed by atoms with Gasteiger partial charge in [0, 0.05) is 18.6 Å². The van der Waals surface area contributed by atoms with Crippen LogP contribution in [-0.4, -0.2) is 48.7 Å². The molecule has 4 nitrogen and oxygen atoms in total. The Bertz CT molecular complexity index is 1330. The van der Waals surface area contributed by atoms with Crippen LogP contribution in [0.5, 0.6) is 0 Å². The second-order valence-corrected chi connectivity index (χ2v) is 17.5. The van der Waals surface area contributed by atoms with E-state index in [0.29, 0.717) is 34.1 Å². The van der Waals surface area contributed by atoms with E-state index in [4.69, 9.17) is 0 Å². The number of hydrogen-bond donors (Lipinski definition) is 2.